The lowest BCUT2D eigenvalue weighted by molar-refractivity contribution is -0.118. The summed E-state index contributed by atoms with van der Waals surface area (Å²) >= 11 is 0. The molecule has 0 fully saturated rings. The average molecular weight is 322 g/mol. The molecule has 2 atom stereocenters. The van der Waals surface area contributed by atoms with Crippen LogP contribution in [0.1, 0.15) is 46.0 Å². The van der Waals surface area contributed by atoms with Crippen LogP contribution < -0.4 is 10.6 Å². The van der Waals surface area contributed by atoms with E-state index in [-0.39, 0.29) is 11.5 Å². The van der Waals surface area contributed by atoms with Crippen molar-refractivity contribution in [2.75, 3.05) is 10.6 Å². The predicted molar refractivity (Wildman–Crippen MR) is 99.0 cm³/mol. The van der Waals surface area contributed by atoms with Crippen LogP contribution in [0.3, 0.4) is 0 Å². The third kappa shape index (κ3) is 2.77. The fourth-order valence-electron chi connectivity index (χ4n) is 4.40. The van der Waals surface area contributed by atoms with Crippen LogP contribution in [-0.4, -0.2) is 11.8 Å². The maximum atomic E-state index is 13.0. The number of fused-ring (bicyclic) bond motifs is 1. The lowest BCUT2D eigenvalue weighted by Gasteiger charge is -2.37. The number of hydrogen-bond donors (Lipinski definition) is 2. The Balaban J connectivity index is 1.80. The second kappa shape index (κ2) is 5.80. The molecule has 24 heavy (non-hydrogen) atoms. The smallest absolute Gasteiger partial charge is 0.163 e. The molecule has 3 nitrogen and oxygen atoms in total. The number of carbonyl (C=O) groups excluding carboxylic acids is 1. The Hall–Kier alpha value is -2.03. The van der Waals surface area contributed by atoms with E-state index in [1.165, 1.54) is 0 Å². The average Bonchev–Trinajstić information content (AvgIpc) is 2.70. The van der Waals surface area contributed by atoms with E-state index in [2.05, 4.69) is 54.8 Å². The number of allylic oxidation sites excluding steroid dienone is 3. The van der Waals surface area contributed by atoms with Gasteiger partial charge in [-0.25, -0.2) is 0 Å². The van der Waals surface area contributed by atoms with Gasteiger partial charge < -0.3 is 10.6 Å². The van der Waals surface area contributed by atoms with Gasteiger partial charge in [0.05, 0.1) is 17.4 Å². The topological polar surface area (TPSA) is 41.1 Å². The third-order valence-electron chi connectivity index (χ3n) is 5.54. The molecule has 0 unspecified atom stereocenters. The number of Topliss-reactive ketones (excluding diaryl/α,β-unsaturated/α-hetero) is 1. The zero-order valence-electron chi connectivity index (χ0n) is 14.6. The van der Waals surface area contributed by atoms with Gasteiger partial charge in [-0.05, 0) is 49.1 Å². The highest BCUT2D eigenvalue weighted by molar-refractivity contribution is 6.00. The van der Waals surface area contributed by atoms with Crippen molar-refractivity contribution < 1.29 is 4.79 Å². The maximum Gasteiger partial charge on any atom is 0.163 e. The van der Waals surface area contributed by atoms with E-state index < -0.39 is 0 Å². The van der Waals surface area contributed by atoms with Gasteiger partial charge in [0.25, 0.3) is 0 Å². The minimum absolute atomic E-state index is 0.0270. The Labute approximate surface area is 144 Å². The minimum Gasteiger partial charge on any atom is -0.376 e. The molecule has 126 valence electrons. The summed E-state index contributed by atoms with van der Waals surface area (Å²) in [5.74, 6) is 0.798. The summed E-state index contributed by atoms with van der Waals surface area (Å²) in [7, 11) is 0. The lowest BCUT2D eigenvalue weighted by Crippen LogP contribution is -2.39. The first-order valence-electron chi connectivity index (χ1n) is 9.07. The Morgan fingerprint density at radius 1 is 1.08 bits per heavy atom. The molecule has 0 aromatic heterocycles. The molecule has 1 aliphatic heterocycles. The van der Waals surface area contributed by atoms with Crippen LogP contribution in [0.4, 0.5) is 11.4 Å². The summed E-state index contributed by atoms with van der Waals surface area (Å²) < 4.78 is 0. The van der Waals surface area contributed by atoms with E-state index in [1.807, 2.05) is 6.07 Å². The van der Waals surface area contributed by atoms with Crippen LogP contribution in [0, 0.1) is 11.3 Å². The molecule has 1 aromatic rings. The SMILES string of the molecule is CC1(C)CC(=O)C2=C(C1)Nc1ccccc1N[C@H]2[C@@H]1CC=CCC1. The van der Waals surface area contributed by atoms with Crippen molar-refractivity contribution in [3.63, 3.8) is 0 Å². The Morgan fingerprint density at radius 3 is 2.62 bits per heavy atom. The first kappa shape index (κ1) is 15.5. The normalized spacial score (nSPS) is 28.3. The Morgan fingerprint density at radius 2 is 1.88 bits per heavy atom. The number of para-hydroxylation sites is 2. The van der Waals surface area contributed by atoms with Gasteiger partial charge >= 0.3 is 0 Å². The molecule has 0 spiro atoms. The number of nitrogens with one attached hydrogen (secondary N) is 2. The van der Waals surface area contributed by atoms with Crippen LogP contribution in [0.2, 0.25) is 0 Å². The van der Waals surface area contributed by atoms with Crippen molar-refractivity contribution in [2.45, 2.75) is 52.0 Å². The van der Waals surface area contributed by atoms with Crippen molar-refractivity contribution in [3.05, 3.63) is 47.7 Å². The highest BCUT2D eigenvalue weighted by Crippen LogP contribution is 2.44. The molecule has 0 radical (unpaired) electrons. The number of carbonyl (C=O) groups is 1. The zero-order valence-corrected chi connectivity index (χ0v) is 14.6. The van der Waals surface area contributed by atoms with Crippen molar-refractivity contribution in [3.8, 4) is 0 Å². The van der Waals surface area contributed by atoms with Crippen LogP contribution in [0.15, 0.2) is 47.7 Å². The highest BCUT2D eigenvalue weighted by atomic mass is 16.1. The second-order valence-corrected chi connectivity index (χ2v) is 8.17. The van der Waals surface area contributed by atoms with Crippen molar-refractivity contribution in [1.82, 2.24) is 0 Å². The van der Waals surface area contributed by atoms with E-state index in [4.69, 9.17) is 0 Å². The number of hydrogen-bond acceptors (Lipinski definition) is 3. The van der Waals surface area contributed by atoms with Gasteiger partial charge in [0, 0.05) is 17.7 Å². The summed E-state index contributed by atoms with van der Waals surface area (Å²) in [6.07, 6.45) is 9.42. The van der Waals surface area contributed by atoms with E-state index in [9.17, 15) is 4.79 Å². The molecule has 3 aliphatic rings. The molecule has 3 heteroatoms. The second-order valence-electron chi connectivity index (χ2n) is 8.17. The minimum atomic E-state index is 0.0270. The quantitative estimate of drug-likeness (QED) is 0.723. The number of ketones is 1. The lowest BCUT2D eigenvalue weighted by atomic mass is 9.71. The molecule has 0 amide bonds. The fourth-order valence-corrected chi connectivity index (χ4v) is 4.40. The largest absolute Gasteiger partial charge is 0.376 e. The summed E-state index contributed by atoms with van der Waals surface area (Å²) in [6.45, 7) is 4.39. The molecular formula is C21H26N2O. The molecule has 0 bridgehead atoms. The molecule has 1 aromatic carbocycles. The fraction of sp³-hybridized carbons (Fsp3) is 0.476. The molecule has 1 heterocycles. The number of benzene rings is 1. The first-order chi connectivity index (χ1) is 11.5. The monoisotopic (exact) mass is 322 g/mol. The summed E-state index contributed by atoms with van der Waals surface area (Å²) in [4.78, 5) is 13.0. The van der Waals surface area contributed by atoms with E-state index in [0.29, 0.717) is 18.1 Å². The van der Waals surface area contributed by atoms with Gasteiger partial charge in [-0.1, -0.05) is 38.1 Å². The van der Waals surface area contributed by atoms with E-state index in [0.717, 1.165) is 48.3 Å². The van der Waals surface area contributed by atoms with Crippen molar-refractivity contribution >= 4 is 17.2 Å². The molecule has 0 saturated heterocycles. The van der Waals surface area contributed by atoms with Crippen LogP contribution in [0.25, 0.3) is 0 Å². The van der Waals surface area contributed by atoms with E-state index in [1.54, 1.807) is 0 Å². The van der Waals surface area contributed by atoms with Gasteiger partial charge in [-0.3, -0.25) is 4.79 Å². The Kier molecular flexibility index (Phi) is 3.75. The van der Waals surface area contributed by atoms with Crippen molar-refractivity contribution in [2.24, 2.45) is 11.3 Å². The highest BCUT2D eigenvalue weighted by Gasteiger charge is 2.40. The van der Waals surface area contributed by atoms with Crippen molar-refractivity contribution in [1.29, 1.82) is 0 Å². The van der Waals surface area contributed by atoms with E-state index >= 15 is 0 Å². The molecule has 4 rings (SSSR count). The zero-order chi connectivity index (χ0) is 16.7. The number of anilines is 2. The molecule has 2 N–H and O–H groups in total. The number of rotatable bonds is 1. The standard InChI is InChI=1S/C21H26N2O/c1-21(2)12-17-19(18(24)13-21)20(14-8-4-3-5-9-14)23-16-11-7-6-10-15(16)22-17/h3-4,6-7,10-11,14,20,22-23H,5,8-9,12-13H2,1-2H3/t14-,20+/m1/s1. The maximum absolute atomic E-state index is 13.0. The molecule has 0 saturated carbocycles. The summed E-state index contributed by atoms with van der Waals surface area (Å²) in [5.41, 5.74) is 4.36. The third-order valence-corrected chi connectivity index (χ3v) is 5.54. The Bertz CT molecular complexity index is 729. The molecule has 2 aliphatic carbocycles. The van der Waals surface area contributed by atoms with Crippen LogP contribution in [-0.2, 0) is 4.79 Å². The molecular weight excluding hydrogens is 296 g/mol. The van der Waals surface area contributed by atoms with Gasteiger partial charge in [0.1, 0.15) is 0 Å². The van der Waals surface area contributed by atoms with Gasteiger partial charge in [-0.2, -0.15) is 0 Å². The predicted octanol–water partition coefficient (Wildman–Crippen LogP) is 4.89. The summed E-state index contributed by atoms with van der Waals surface area (Å²) in [5, 5.41) is 7.31. The summed E-state index contributed by atoms with van der Waals surface area (Å²) in [6, 6.07) is 8.43. The van der Waals surface area contributed by atoms with Crippen LogP contribution >= 0.6 is 0 Å². The van der Waals surface area contributed by atoms with Crippen LogP contribution in [0.5, 0.6) is 0 Å². The van der Waals surface area contributed by atoms with Gasteiger partial charge in [0.15, 0.2) is 5.78 Å². The van der Waals surface area contributed by atoms with Gasteiger partial charge in [-0.15, -0.1) is 0 Å². The van der Waals surface area contributed by atoms with Gasteiger partial charge in [0.2, 0.25) is 0 Å². The first-order valence-corrected chi connectivity index (χ1v) is 9.07.